The van der Waals surface area contributed by atoms with Crippen LogP contribution in [0, 0.1) is 28.6 Å². The van der Waals surface area contributed by atoms with Crippen LogP contribution < -0.4 is 0 Å². The Morgan fingerprint density at radius 2 is 2.00 bits per heavy atom. The molecule has 0 aliphatic heterocycles. The quantitative estimate of drug-likeness (QED) is 0.475. The van der Waals surface area contributed by atoms with Gasteiger partial charge in [0.2, 0.25) is 0 Å². The minimum atomic E-state index is -1.52. The van der Waals surface area contributed by atoms with Crippen LogP contribution in [0.25, 0.3) is 11.2 Å². The van der Waals surface area contributed by atoms with Crippen molar-refractivity contribution in [2.45, 2.75) is 82.1 Å². The molecule has 3 fully saturated rings. The van der Waals surface area contributed by atoms with E-state index in [4.69, 9.17) is 0 Å². The molecule has 2 aromatic rings. The summed E-state index contributed by atoms with van der Waals surface area (Å²) in [5.74, 6) is 0.384. The van der Waals surface area contributed by atoms with E-state index in [1.54, 1.807) is 10.9 Å². The average Bonchev–Trinajstić information content (AvgIpc) is 3.38. The van der Waals surface area contributed by atoms with Crippen molar-refractivity contribution in [1.29, 1.82) is 0 Å². The van der Waals surface area contributed by atoms with Gasteiger partial charge in [0, 0.05) is 11.8 Å². The van der Waals surface area contributed by atoms with Gasteiger partial charge in [-0.3, -0.25) is 9.59 Å². The van der Waals surface area contributed by atoms with Crippen molar-refractivity contribution in [2.75, 3.05) is 6.26 Å². The lowest BCUT2D eigenvalue weighted by atomic mass is 9.45. The molecule has 2 N–H and O–H groups in total. The minimum Gasteiger partial charge on any atom is -0.393 e. The van der Waals surface area contributed by atoms with Crippen LogP contribution in [-0.2, 0) is 16.1 Å². The zero-order valence-electron chi connectivity index (χ0n) is 21.1. The zero-order chi connectivity index (χ0) is 25.5. The summed E-state index contributed by atoms with van der Waals surface area (Å²) in [5.41, 5.74) is 0.0119. The SMILES string of the molecule is CSc1ncnc2c1ncn2CC(=O)[C@]1(O)CC[C@H]2[C@@H]3CCC4=CC(=O)CC[C@]4(C)[C@H]3[C@H](O)C[C@@]21C. The highest BCUT2D eigenvalue weighted by molar-refractivity contribution is 7.98. The standard InChI is InChI=1S/C27H34N4O4S/c1-25-8-6-16(32)10-15(25)4-5-17-18-7-9-27(35,26(18,2)11-19(33)21(17)25)20(34)12-31-14-30-22-23(31)28-13-29-24(22)36-3/h10,13-14,17-19,21,33,35H,4-9,11-12H2,1-3H3/t17-,18-,19+,21+,25-,26-,27+/m0/s1. The molecule has 0 saturated heterocycles. The largest absolute Gasteiger partial charge is 0.393 e. The monoisotopic (exact) mass is 510 g/mol. The minimum absolute atomic E-state index is 0.0168. The summed E-state index contributed by atoms with van der Waals surface area (Å²) >= 11 is 1.48. The molecule has 3 saturated carbocycles. The summed E-state index contributed by atoms with van der Waals surface area (Å²) in [6, 6.07) is 0. The fourth-order valence-corrected chi connectivity index (χ4v) is 9.05. The van der Waals surface area contributed by atoms with Crippen LogP contribution in [0.1, 0.15) is 58.8 Å². The molecule has 0 radical (unpaired) electrons. The number of aliphatic hydroxyl groups is 2. The van der Waals surface area contributed by atoms with Crippen LogP contribution in [-0.4, -0.2) is 59.3 Å². The molecule has 2 heterocycles. The molecule has 0 aromatic carbocycles. The number of carbonyl (C=O) groups excluding carboxylic acids is 2. The van der Waals surface area contributed by atoms with Crippen molar-refractivity contribution in [1.82, 2.24) is 19.5 Å². The van der Waals surface area contributed by atoms with E-state index in [0.717, 1.165) is 30.7 Å². The van der Waals surface area contributed by atoms with E-state index in [1.807, 2.05) is 19.3 Å². The molecule has 4 aliphatic rings. The van der Waals surface area contributed by atoms with E-state index in [0.29, 0.717) is 30.4 Å². The van der Waals surface area contributed by atoms with Gasteiger partial charge < -0.3 is 14.8 Å². The predicted molar refractivity (Wildman–Crippen MR) is 135 cm³/mol. The van der Waals surface area contributed by atoms with Crippen LogP contribution in [0.2, 0.25) is 0 Å². The first-order chi connectivity index (χ1) is 17.1. The Kier molecular flexibility index (Phi) is 5.52. The van der Waals surface area contributed by atoms with Crippen LogP contribution >= 0.6 is 11.8 Å². The van der Waals surface area contributed by atoms with Crippen molar-refractivity contribution in [3.05, 3.63) is 24.3 Å². The third-order valence-electron chi connectivity index (χ3n) is 10.4. The lowest BCUT2D eigenvalue weighted by Gasteiger charge is -2.60. The van der Waals surface area contributed by atoms with Gasteiger partial charge in [-0.05, 0) is 74.0 Å². The van der Waals surface area contributed by atoms with Gasteiger partial charge in [-0.25, -0.2) is 15.0 Å². The van der Waals surface area contributed by atoms with Crippen molar-refractivity contribution in [3.8, 4) is 0 Å². The van der Waals surface area contributed by atoms with E-state index in [1.165, 1.54) is 23.7 Å². The highest BCUT2D eigenvalue weighted by Crippen LogP contribution is 2.67. The number of nitrogens with zero attached hydrogens (tertiary/aromatic N) is 4. The second-order valence-electron chi connectivity index (χ2n) is 11.8. The normalized spacial score (nSPS) is 39.9. The summed E-state index contributed by atoms with van der Waals surface area (Å²) in [5, 5.41) is 24.4. The number of hydrogen-bond donors (Lipinski definition) is 2. The molecule has 9 heteroatoms. The number of ketones is 2. The molecule has 4 aliphatic carbocycles. The van der Waals surface area contributed by atoms with Gasteiger partial charge >= 0.3 is 0 Å². The summed E-state index contributed by atoms with van der Waals surface area (Å²) in [6.07, 6.45) is 10.8. The van der Waals surface area contributed by atoms with Crippen molar-refractivity contribution in [2.24, 2.45) is 28.6 Å². The number of hydrogen-bond acceptors (Lipinski definition) is 8. The number of fused-ring (bicyclic) bond motifs is 6. The van der Waals surface area contributed by atoms with Crippen LogP contribution in [0.3, 0.4) is 0 Å². The molecule has 0 spiro atoms. The van der Waals surface area contributed by atoms with Gasteiger partial charge in [0.1, 0.15) is 22.5 Å². The zero-order valence-corrected chi connectivity index (χ0v) is 21.9. The van der Waals surface area contributed by atoms with Crippen LogP contribution in [0.15, 0.2) is 29.3 Å². The van der Waals surface area contributed by atoms with E-state index >= 15 is 0 Å². The van der Waals surface area contributed by atoms with E-state index < -0.39 is 17.1 Å². The van der Waals surface area contributed by atoms with Gasteiger partial charge in [-0.15, -0.1) is 11.8 Å². The molecule has 192 valence electrons. The molecular weight excluding hydrogens is 476 g/mol. The highest BCUT2D eigenvalue weighted by atomic mass is 32.2. The Morgan fingerprint density at radius 3 is 2.78 bits per heavy atom. The molecule has 2 aromatic heterocycles. The maximum absolute atomic E-state index is 13.8. The van der Waals surface area contributed by atoms with Gasteiger partial charge in [0.15, 0.2) is 17.2 Å². The van der Waals surface area contributed by atoms with Gasteiger partial charge in [-0.2, -0.15) is 0 Å². The fraction of sp³-hybridized carbons (Fsp3) is 0.667. The molecule has 7 atom stereocenters. The number of imidazole rings is 1. The number of aromatic nitrogens is 4. The smallest absolute Gasteiger partial charge is 0.184 e. The topological polar surface area (TPSA) is 118 Å². The first kappa shape index (κ1) is 24.2. The molecule has 0 amide bonds. The van der Waals surface area contributed by atoms with Gasteiger partial charge in [-0.1, -0.05) is 19.4 Å². The Balaban J connectivity index is 1.31. The summed E-state index contributed by atoms with van der Waals surface area (Å²) < 4.78 is 1.70. The van der Waals surface area contributed by atoms with E-state index in [-0.39, 0.29) is 41.3 Å². The van der Waals surface area contributed by atoms with Gasteiger partial charge in [0.25, 0.3) is 0 Å². The maximum atomic E-state index is 13.8. The highest BCUT2D eigenvalue weighted by Gasteiger charge is 2.68. The van der Waals surface area contributed by atoms with Gasteiger partial charge in [0.05, 0.1) is 19.0 Å². The second kappa shape index (κ2) is 8.20. The molecular formula is C27H34N4O4S. The first-order valence-corrected chi connectivity index (χ1v) is 14.2. The Bertz CT molecular complexity index is 1290. The number of rotatable bonds is 4. The number of allylic oxidation sites excluding steroid dienone is 1. The second-order valence-corrected chi connectivity index (χ2v) is 12.6. The molecule has 36 heavy (non-hydrogen) atoms. The third-order valence-corrected chi connectivity index (χ3v) is 11.1. The van der Waals surface area contributed by atoms with Crippen molar-refractivity contribution in [3.63, 3.8) is 0 Å². The van der Waals surface area contributed by atoms with Crippen LogP contribution in [0.5, 0.6) is 0 Å². The van der Waals surface area contributed by atoms with E-state index in [9.17, 15) is 19.8 Å². The third kappa shape index (κ3) is 3.18. The summed E-state index contributed by atoms with van der Waals surface area (Å²) in [6.45, 7) is 4.21. The summed E-state index contributed by atoms with van der Waals surface area (Å²) in [4.78, 5) is 38.9. The molecule has 0 unspecified atom stereocenters. The van der Waals surface area contributed by atoms with E-state index in [2.05, 4.69) is 21.9 Å². The molecule has 6 rings (SSSR count). The maximum Gasteiger partial charge on any atom is 0.184 e. The Morgan fingerprint density at radius 1 is 1.19 bits per heavy atom. The number of Topliss-reactive ketones (excluding diaryl/α,β-unsaturated/α-hetero) is 1. The summed E-state index contributed by atoms with van der Waals surface area (Å²) in [7, 11) is 0. The lowest BCUT2D eigenvalue weighted by Crippen LogP contribution is -2.62. The lowest BCUT2D eigenvalue weighted by molar-refractivity contribution is -0.181. The number of aliphatic hydroxyl groups excluding tert-OH is 1. The van der Waals surface area contributed by atoms with Crippen molar-refractivity contribution >= 4 is 34.5 Å². The predicted octanol–water partition coefficient (Wildman–Crippen LogP) is 3.35. The first-order valence-electron chi connectivity index (χ1n) is 13.0. The number of carbonyl (C=O) groups is 2. The Labute approximate surface area is 215 Å². The molecule has 0 bridgehead atoms. The average molecular weight is 511 g/mol. The van der Waals surface area contributed by atoms with Crippen LogP contribution in [0.4, 0.5) is 0 Å². The Hall–Kier alpha value is -2.10. The fourth-order valence-electron chi connectivity index (χ4n) is 8.56. The molecule has 8 nitrogen and oxygen atoms in total. The number of thioether (sulfide) groups is 1. The van der Waals surface area contributed by atoms with Crippen molar-refractivity contribution < 1.29 is 19.8 Å².